The maximum absolute atomic E-state index is 11.3. The van der Waals surface area contributed by atoms with Gasteiger partial charge >= 0.3 is 0 Å². The van der Waals surface area contributed by atoms with Crippen LogP contribution in [-0.2, 0) is 6.54 Å². The van der Waals surface area contributed by atoms with E-state index in [9.17, 15) is 4.79 Å². The van der Waals surface area contributed by atoms with Gasteiger partial charge in [0.2, 0.25) is 5.43 Å². The van der Waals surface area contributed by atoms with Gasteiger partial charge in [-0.15, -0.1) is 0 Å². The van der Waals surface area contributed by atoms with E-state index in [4.69, 9.17) is 9.52 Å². The molecule has 1 aromatic rings. The summed E-state index contributed by atoms with van der Waals surface area (Å²) in [6.45, 7) is 6.72. The Bertz CT molecular complexity index is 434. The number of hydrogen-bond donors (Lipinski definition) is 2. The lowest BCUT2D eigenvalue weighted by Crippen LogP contribution is -2.53. The molecule has 0 bridgehead atoms. The highest BCUT2D eigenvalue weighted by atomic mass is 16.4. The van der Waals surface area contributed by atoms with E-state index in [2.05, 4.69) is 24.1 Å². The van der Waals surface area contributed by atoms with Crippen molar-refractivity contribution in [2.45, 2.75) is 32.5 Å². The van der Waals surface area contributed by atoms with E-state index in [1.807, 2.05) is 0 Å². The zero-order valence-corrected chi connectivity index (χ0v) is 10.1. The number of nitrogens with one attached hydrogen (secondary N) is 1. The molecule has 1 fully saturated rings. The van der Waals surface area contributed by atoms with Crippen molar-refractivity contribution in [3.05, 3.63) is 28.3 Å². The Labute approximate surface area is 100 Å². The third-order valence-corrected chi connectivity index (χ3v) is 2.88. The molecule has 2 atom stereocenters. The standard InChI is InChI=1S/C12H18N2O3/c1-8-4-14(5-9(2)13-8)6-10-3-11(15)12(16)7-17-10/h3,7-9,13,16H,4-6H2,1-2H3. The first-order valence-corrected chi connectivity index (χ1v) is 5.83. The molecule has 0 amide bonds. The number of nitrogens with zero attached hydrogens (tertiary/aromatic N) is 1. The SMILES string of the molecule is CC1CN(Cc2cc(=O)c(O)co2)CC(C)N1. The van der Waals surface area contributed by atoms with Crippen molar-refractivity contribution in [3.8, 4) is 5.75 Å². The van der Waals surface area contributed by atoms with Gasteiger partial charge in [0.05, 0.1) is 6.54 Å². The number of rotatable bonds is 2. The van der Waals surface area contributed by atoms with Crippen molar-refractivity contribution in [1.82, 2.24) is 10.2 Å². The van der Waals surface area contributed by atoms with Gasteiger partial charge in [0, 0.05) is 31.2 Å². The fraction of sp³-hybridized carbons (Fsp3) is 0.583. The van der Waals surface area contributed by atoms with Crippen molar-refractivity contribution >= 4 is 0 Å². The minimum absolute atomic E-state index is 0.337. The van der Waals surface area contributed by atoms with Gasteiger partial charge in [-0.2, -0.15) is 0 Å². The molecule has 0 saturated carbocycles. The molecule has 0 spiro atoms. The molecular weight excluding hydrogens is 220 g/mol. The van der Waals surface area contributed by atoms with Gasteiger partial charge in [0.15, 0.2) is 5.75 Å². The van der Waals surface area contributed by atoms with Crippen LogP contribution in [0.2, 0.25) is 0 Å². The highest BCUT2D eigenvalue weighted by Gasteiger charge is 2.21. The Morgan fingerprint density at radius 1 is 1.47 bits per heavy atom. The largest absolute Gasteiger partial charge is 0.502 e. The van der Waals surface area contributed by atoms with E-state index in [1.54, 1.807) is 0 Å². The van der Waals surface area contributed by atoms with Crippen LogP contribution in [0.25, 0.3) is 0 Å². The summed E-state index contributed by atoms with van der Waals surface area (Å²) in [5.41, 5.74) is -0.387. The molecule has 2 unspecified atom stereocenters. The average Bonchev–Trinajstić information content (AvgIpc) is 2.22. The van der Waals surface area contributed by atoms with Crippen LogP contribution in [0.15, 0.2) is 21.5 Å². The van der Waals surface area contributed by atoms with E-state index in [0.29, 0.717) is 24.4 Å². The van der Waals surface area contributed by atoms with Gasteiger partial charge in [-0.25, -0.2) is 0 Å². The first-order valence-electron chi connectivity index (χ1n) is 5.83. The van der Waals surface area contributed by atoms with E-state index < -0.39 is 0 Å². The molecule has 1 aliphatic heterocycles. The van der Waals surface area contributed by atoms with Crippen LogP contribution >= 0.6 is 0 Å². The fourth-order valence-electron chi connectivity index (χ4n) is 2.32. The molecule has 1 saturated heterocycles. The van der Waals surface area contributed by atoms with E-state index in [-0.39, 0.29) is 11.2 Å². The van der Waals surface area contributed by atoms with Crippen LogP contribution in [0.1, 0.15) is 19.6 Å². The fourth-order valence-corrected chi connectivity index (χ4v) is 2.32. The van der Waals surface area contributed by atoms with Crippen molar-refractivity contribution in [3.63, 3.8) is 0 Å². The third kappa shape index (κ3) is 3.08. The molecule has 2 N–H and O–H groups in total. The zero-order chi connectivity index (χ0) is 12.4. The highest BCUT2D eigenvalue weighted by molar-refractivity contribution is 5.15. The summed E-state index contributed by atoms with van der Waals surface area (Å²) in [4.78, 5) is 13.5. The molecule has 1 aliphatic rings. The normalized spacial score (nSPS) is 26.0. The van der Waals surface area contributed by atoms with E-state index in [1.165, 1.54) is 6.07 Å². The summed E-state index contributed by atoms with van der Waals surface area (Å²) in [6, 6.07) is 2.22. The molecule has 5 nitrogen and oxygen atoms in total. The summed E-state index contributed by atoms with van der Waals surface area (Å²) >= 11 is 0. The summed E-state index contributed by atoms with van der Waals surface area (Å²) < 4.78 is 5.20. The minimum Gasteiger partial charge on any atom is -0.502 e. The maximum Gasteiger partial charge on any atom is 0.226 e. The molecule has 2 rings (SSSR count). The van der Waals surface area contributed by atoms with Gasteiger partial charge < -0.3 is 14.8 Å². The second kappa shape index (κ2) is 4.89. The number of aromatic hydroxyl groups is 1. The van der Waals surface area contributed by atoms with Crippen molar-refractivity contribution in [2.24, 2.45) is 0 Å². The molecular formula is C12H18N2O3. The first-order chi connectivity index (χ1) is 8.04. The first kappa shape index (κ1) is 12.1. The predicted octanol–water partition coefficient (Wildman–Crippen LogP) is 0.528. The summed E-state index contributed by atoms with van der Waals surface area (Å²) in [7, 11) is 0. The Morgan fingerprint density at radius 2 is 2.12 bits per heavy atom. The maximum atomic E-state index is 11.3. The van der Waals surface area contributed by atoms with E-state index >= 15 is 0 Å². The molecule has 94 valence electrons. The molecule has 0 radical (unpaired) electrons. The van der Waals surface area contributed by atoms with Crippen LogP contribution in [0.3, 0.4) is 0 Å². The van der Waals surface area contributed by atoms with Crippen molar-refractivity contribution < 1.29 is 9.52 Å². The third-order valence-electron chi connectivity index (χ3n) is 2.88. The smallest absolute Gasteiger partial charge is 0.226 e. The Kier molecular flexibility index (Phi) is 3.49. The van der Waals surface area contributed by atoms with Crippen LogP contribution in [-0.4, -0.2) is 35.2 Å². The summed E-state index contributed by atoms with van der Waals surface area (Å²) in [6.07, 6.45) is 1.10. The highest BCUT2D eigenvalue weighted by Crippen LogP contribution is 2.10. The topological polar surface area (TPSA) is 65.7 Å². The van der Waals surface area contributed by atoms with Gasteiger partial charge in [-0.1, -0.05) is 0 Å². The monoisotopic (exact) mass is 238 g/mol. The predicted molar refractivity (Wildman–Crippen MR) is 64.0 cm³/mol. The Balaban J connectivity index is 2.05. The van der Waals surface area contributed by atoms with E-state index in [0.717, 1.165) is 19.4 Å². The van der Waals surface area contributed by atoms with Gasteiger partial charge in [0.25, 0.3) is 0 Å². The second-order valence-corrected chi connectivity index (χ2v) is 4.76. The quantitative estimate of drug-likeness (QED) is 0.786. The van der Waals surface area contributed by atoms with Gasteiger partial charge in [-0.05, 0) is 13.8 Å². The summed E-state index contributed by atoms with van der Waals surface area (Å²) in [5.74, 6) is 0.255. The molecule has 5 heteroatoms. The number of piperazine rings is 1. The zero-order valence-electron chi connectivity index (χ0n) is 10.1. The van der Waals surface area contributed by atoms with Crippen molar-refractivity contribution in [2.75, 3.05) is 13.1 Å². The second-order valence-electron chi connectivity index (χ2n) is 4.76. The lowest BCUT2D eigenvalue weighted by Gasteiger charge is -2.35. The molecule has 0 aliphatic carbocycles. The van der Waals surface area contributed by atoms with Crippen molar-refractivity contribution in [1.29, 1.82) is 0 Å². The van der Waals surface area contributed by atoms with Crippen LogP contribution in [0.5, 0.6) is 5.75 Å². The molecule has 17 heavy (non-hydrogen) atoms. The average molecular weight is 238 g/mol. The van der Waals surface area contributed by atoms with Crippen LogP contribution < -0.4 is 10.7 Å². The Hall–Kier alpha value is -1.33. The summed E-state index contributed by atoms with van der Waals surface area (Å²) in [5, 5.41) is 12.5. The van der Waals surface area contributed by atoms with Crippen LogP contribution in [0.4, 0.5) is 0 Å². The van der Waals surface area contributed by atoms with Gasteiger partial charge in [0.1, 0.15) is 12.0 Å². The lowest BCUT2D eigenvalue weighted by molar-refractivity contribution is 0.155. The number of hydrogen-bond acceptors (Lipinski definition) is 5. The molecule has 2 heterocycles. The van der Waals surface area contributed by atoms with Crippen LogP contribution in [0, 0.1) is 0 Å². The molecule has 0 aromatic carbocycles. The van der Waals surface area contributed by atoms with Gasteiger partial charge in [-0.3, -0.25) is 9.69 Å². The minimum atomic E-state index is -0.387. The lowest BCUT2D eigenvalue weighted by atomic mass is 10.1. The molecule has 1 aromatic heterocycles. The Morgan fingerprint density at radius 3 is 2.71 bits per heavy atom.